The van der Waals surface area contributed by atoms with Crippen molar-refractivity contribution in [2.75, 3.05) is 37.6 Å². The summed E-state index contributed by atoms with van der Waals surface area (Å²) in [4.78, 5) is 32.1. The lowest BCUT2D eigenvalue weighted by Gasteiger charge is -2.25. The Balaban J connectivity index is 1.30. The molecule has 2 aromatic rings. The lowest BCUT2D eigenvalue weighted by atomic mass is 10.1. The van der Waals surface area contributed by atoms with Crippen LogP contribution in [0.25, 0.3) is 10.8 Å². The Morgan fingerprint density at radius 2 is 1.75 bits per heavy atom. The number of likely N-dealkylation sites (tertiary alicyclic amines) is 1. The minimum Gasteiger partial charge on any atom is -0.341 e. The van der Waals surface area contributed by atoms with Crippen LogP contribution in [0.3, 0.4) is 0 Å². The first kappa shape index (κ1) is 17.4. The molecule has 2 saturated heterocycles. The number of carbonyl (C=O) groups is 2. The van der Waals surface area contributed by atoms with Gasteiger partial charge in [0.25, 0.3) is 0 Å². The molecule has 0 bridgehead atoms. The summed E-state index contributed by atoms with van der Waals surface area (Å²) >= 11 is 0. The number of hydrogen-bond donors (Lipinski definition) is 0. The first-order valence-corrected chi connectivity index (χ1v) is 10.2. The van der Waals surface area contributed by atoms with Gasteiger partial charge in [-0.25, -0.2) is 0 Å². The number of amides is 2. The minimum absolute atomic E-state index is 0.0502. The van der Waals surface area contributed by atoms with Crippen LogP contribution in [-0.4, -0.2) is 60.4 Å². The van der Waals surface area contributed by atoms with Gasteiger partial charge in [0.1, 0.15) is 0 Å². The molecule has 0 unspecified atom stereocenters. The Labute approximate surface area is 165 Å². The Hall–Kier alpha value is -2.66. The molecule has 0 saturated carbocycles. The number of fused-ring (bicyclic) bond motifs is 1. The van der Waals surface area contributed by atoms with E-state index in [9.17, 15) is 9.59 Å². The molecule has 3 heterocycles. The maximum absolute atomic E-state index is 13.1. The summed E-state index contributed by atoms with van der Waals surface area (Å²) in [6.07, 6.45) is 5.74. The predicted octanol–water partition coefficient (Wildman–Crippen LogP) is 2.67. The van der Waals surface area contributed by atoms with Crippen molar-refractivity contribution in [3.63, 3.8) is 0 Å². The van der Waals surface area contributed by atoms with E-state index in [4.69, 9.17) is 0 Å². The van der Waals surface area contributed by atoms with Gasteiger partial charge in [-0.15, -0.1) is 0 Å². The molecular formula is C23H25N3O2. The monoisotopic (exact) mass is 375 g/mol. The second-order valence-electron chi connectivity index (χ2n) is 8.06. The van der Waals surface area contributed by atoms with E-state index in [0.717, 1.165) is 49.1 Å². The summed E-state index contributed by atoms with van der Waals surface area (Å²) in [6, 6.07) is 14.6. The van der Waals surface area contributed by atoms with Gasteiger partial charge in [0.2, 0.25) is 11.8 Å². The summed E-state index contributed by atoms with van der Waals surface area (Å²) in [5.41, 5.74) is 0.917. The number of anilines is 1. The van der Waals surface area contributed by atoms with Crippen molar-refractivity contribution in [2.24, 2.45) is 5.92 Å². The van der Waals surface area contributed by atoms with E-state index in [1.165, 1.54) is 0 Å². The number of benzene rings is 2. The molecule has 2 fully saturated rings. The van der Waals surface area contributed by atoms with E-state index in [1.807, 2.05) is 40.1 Å². The van der Waals surface area contributed by atoms with Gasteiger partial charge in [-0.2, -0.15) is 0 Å². The highest BCUT2D eigenvalue weighted by Crippen LogP contribution is 2.33. The molecule has 144 valence electrons. The summed E-state index contributed by atoms with van der Waals surface area (Å²) in [5.74, 6) is -0.0399. The Kier molecular flexibility index (Phi) is 4.40. The zero-order chi connectivity index (χ0) is 19.1. The molecule has 0 aliphatic carbocycles. The fourth-order valence-corrected chi connectivity index (χ4v) is 4.84. The lowest BCUT2D eigenvalue weighted by Crippen LogP contribution is -2.40. The average molecular weight is 375 g/mol. The molecule has 0 spiro atoms. The molecule has 5 nitrogen and oxygen atoms in total. The van der Waals surface area contributed by atoms with Crippen LogP contribution in [0, 0.1) is 5.92 Å². The minimum atomic E-state index is -0.234. The molecule has 0 radical (unpaired) electrons. The maximum atomic E-state index is 13.1. The van der Waals surface area contributed by atoms with E-state index in [1.54, 1.807) is 0 Å². The van der Waals surface area contributed by atoms with Crippen LogP contribution in [0.2, 0.25) is 0 Å². The fourth-order valence-electron chi connectivity index (χ4n) is 4.84. The van der Waals surface area contributed by atoms with Crippen molar-refractivity contribution < 1.29 is 9.59 Å². The quantitative estimate of drug-likeness (QED) is 0.775. The van der Waals surface area contributed by atoms with Gasteiger partial charge in [-0.3, -0.25) is 14.5 Å². The van der Waals surface area contributed by atoms with Crippen molar-refractivity contribution in [3.05, 3.63) is 54.6 Å². The van der Waals surface area contributed by atoms with Crippen LogP contribution < -0.4 is 4.90 Å². The Bertz CT molecular complexity index is 941. The van der Waals surface area contributed by atoms with E-state index < -0.39 is 0 Å². The SMILES string of the molecule is O=C([C@@H]1CC(=O)N(c2cccc3ccccc23)C1)N1CC[C@@H](N2CC=CC2)C1. The summed E-state index contributed by atoms with van der Waals surface area (Å²) in [5, 5.41) is 2.18. The zero-order valence-electron chi connectivity index (χ0n) is 16.0. The van der Waals surface area contributed by atoms with Gasteiger partial charge >= 0.3 is 0 Å². The normalized spacial score (nSPS) is 25.4. The average Bonchev–Trinajstić information content (AvgIpc) is 3.47. The van der Waals surface area contributed by atoms with Crippen LogP contribution in [0.5, 0.6) is 0 Å². The van der Waals surface area contributed by atoms with Crippen LogP contribution in [0.15, 0.2) is 54.6 Å². The smallest absolute Gasteiger partial charge is 0.228 e. The molecule has 2 aromatic carbocycles. The zero-order valence-corrected chi connectivity index (χ0v) is 16.0. The van der Waals surface area contributed by atoms with Gasteiger partial charge in [0.05, 0.1) is 11.6 Å². The molecule has 2 atom stereocenters. The van der Waals surface area contributed by atoms with Crippen molar-refractivity contribution in [3.8, 4) is 0 Å². The van der Waals surface area contributed by atoms with Crippen LogP contribution in [-0.2, 0) is 9.59 Å². The van der Waals surface area contributed by atoms with E-state index in [-0.39, 0.29) is 17.7 Å². The van der Waals surface area contributed by atoms with E-state index in [0.29, 0.717) is 19.0 Å². The third-order valence-corrected chi connectivity index (χ3v) is 6.37. The van der Waals surface area contributed by atoms with Gasteiger partial charge < -0.3 is 9.80 Å². The van der Waals surface area contributed by atoms with Gasteiger partial charge in [-0.05, 0) is 17.9 Å². The number of carbonyl (C=O) groups excluding carboxylic acids is 2. The van der Waals surface area contributed by atoms with Crippen LogP contribution in [0.4, 0.5) is 5.69 Å². The number of hydrogen-bond acceptors (Lipinski definition) is 3. The molecule has 0 aromatic heterocycles. The molecule has 28 heavy (non-hydrogen) atoms. The predicted molar refractivity (Wildman–Crippen MR) is 110 cm³/mol. The topological polar surface area (TPSA) is 43.9 Å². The summed E-state index contributed by atoms with van der Waals surface area (Å²) in [6.45, 7) is 4.06. The Morgan fingerprint density at radius 1 is 0.964 bits per heavy atom. The van der Waals surface area contributed by atoms with Crippen LogP contribution in [0.1, 0.15) is 12.8 Å². The lowest BCUT2D eigenvalue weighted by molar-refractivity contribution is -0.134. The molecule has 5 rings (SSSR count). The molecule has 3 aliphatic rings. The molecule has 5 heteroatoms. The highest BCUT2D eigenvalue weighted by molar-refractivity contribution is 6.07. The van der Waals surface area contributed by atoms with E-state index >= 15 is 0 Å². The molecule has 0 N–H and O–H groups in total. The second kappa shape index (κ2) is 7.06. The third-order valence-electron chi connectivity index (χ3n) is 6.37. The summed E-state index contributed by atoms with van der Waals surface area (Å²) < 4.78 is 0. The largest absolute Gasteiger partial charge is 0.341 e. The van der Waals surface area contributed by atoms with Crippen molar-refractivity contribution in [1.29, 1.82) is 0 Å². The van der Waals surface area contributed by atoms with Crippen molar-refractivity contribution in [1.82, 2.24) is 9.80 Å². The first-order chi connectivity index (χ1) is 13.7. The number of nitrogens with zero attached hydrogens (tertiary/aromatic N) is 3. The fraction of sp³-hybridized carbons (Fsp3) is 0.391. The highest BCUT2D eigenvalue weighted by atomic mass is 16.2. The standard InChI is InChI=1S/C23H25N3O2/c27-22-14-18(23(28)25-13-10-19(16-25)24-11-3-4-12-24)15-26(22)21-9-5-7-17-6-1-2-8-20(17)21/h1-9,18-19H,10-16H2/t18-,19-/m1/s1. The van der Waals surface area contributed by atoms with Crippen molar-refractivity contribution in [2.45, 2.75) is 18.9 Å². The molecule has 3 aliphatic heterocycles. The summed E-state index contributed by atoms with van der Waals surface area (Å²) in [7, 11) is 0. The van der Waals surface area contributed by atoms with Crippen LogP contribution >= 0.6 is 0 Å². The first-order valence-electron chi connectivity index (χ1n) is 10.2. The molecular weight excluding hydrogens is 350 g/mol. The second-order valence-corrected chi connectivity index (χ2v) is 8.06. The van der Waals surface area contributed by atoms with Gasteiger partial charge in [0, 0.05) is 50.6 Å². The van der Waals surface area contributed by atoms with Gasteiger partial charge in [0.15, 0.2) is 0 Å². The third kappa shape index (κ3) is 3.00. The Morgan fingerprint density at radius 3 is 2.61 bits per heavy atom. The van der Waals surface area contributed by atoms with E-state index in [2.05, 4.69) is 29.2 Å². The molecule has 2 amide bonds. The van der Waals surface area contributed by atoms with Crippen molar-refractivity contribution >= 4 is 28.3 Å². The van der Waals surface area contributed by atoms with Gasteiger partial charge in [-0.1, -0.05) is 48.6 Å². The number of rotatable bonds is 3. The highest BCUT2D eigenvalue weighted by Gasteiger charge is 2.40. The maximum Gasteiger partial charge on any atom is 0.228 e.